The van der Waals surface area contributed by atoms with Crippen molar-refractivity contribution >= 4 is 11.3 Å². The fourth-order valence-electron chi connectivity index (χ4n) is 1.61. The van der Waals surface area contributed by atoms with Gasteiger partial charge in [0.15, 0.2) is 0 Å². The molecule has 1 atom stereocenters. The fraction of sp³-hybridized carbons (Fsp3) is 0.455. The van der Waals surface area contributed by atoms with E-state index in [9.17, 15) is 0 Å². The van der Waals surface area contributed by atoms with Crippen molar-refractivity contribution < 1.29 is 0 Å². The summed E-state index contributed by atoms with van der Waals surface area (Å²) in [6, 6.07) is 0.240. The predicted molar refractivity (Wildman–Crippen MR) is 65.3 cm³/mol. The second-order valence-corrected chi connectivity index (χ2v) is 5.18. The van der Waals surface area contributed by atoms with E-state index in [1.165, 1.54) is 4.88 Å². The average molecular weight is 236 g/mol. The van der Waals surface area contributed by atoms with E-state index in [-0.39, 0.29) is 6.04 Å². The van der Waals surface area contributed by atoms with Crippen LogP contribution in [0.1, 0.15) is 28.7 Å². The third-order valence-electron chi connectivity index (χ3n) is 2.47. The van der Waals surface area contributed by atoms with Gasteiger partial charge in [-0.2, -0.15) is 0 Å². The fourth-order valence-corrected chi connectivity index (χ4v) is 2.35. The molecule has 2 aromatic heterocycles. The Bertz CT molecular complexity index is 460. The van der Waals surface area contributed by atoms with Gasteiger partial charge in [0, 0.05) is 37.1 Å². The minimum atomic E-state index is 0.240. The van der Waals surface area contributed by atoms with Crippen molar-refractivity contribution in [3.05, 3.63) is 34.3 Å². The zero-order valence-corrected chi connectivity index (χ0v) is 10.6. The molecule has 2 heterocycles. The maximum Gasteiger partial charge on any atom is 0.125 e. The van der Waals surface area contributed by atoms with Crippen molar-refractivity contribution in [1.29, 1.82) is 0 Å². The number of nitrogens with zero attached hydrogens (tertiary/aromatic N) is 3. The normalized spacial score (nSPS) is 12.9. The first-order valence-corrected chi connectivity index (χ1v) is 6.10. The molecule has 0 aliphatic heterocycles. The van der Waals surface area contributed by atoms with E-state index in [1.54, 1.807) is 11.3 Å². The van der Waals surface area contributed by atoms with Crippen LogP contribution >= 0.6 is 11.3 Å². The smallest absolute Gasteiger partial charge is 0.125 e. The van der Waals surface area contributed by atoms with Crippen molar-refractivity contribution in [3.8, 4) is 0 Å². The molecule has 0 aliphatic rings. The van der Waals surface area contributed by atoms with Crippen LogP contribution < -0.4 is 5.32 Å². The molecule has 0 fully saturated rings. The van der Waals surface area contributed by atoms with Crippen molar-refractivity contribution in [3.63, 3.8) is 0 Å². The summed E-state index contributed by atoms with van der Waals surface area (Å²) in [5.41, 5.74) is 0. The lowest BCUT2D eigenvalue weighted by Crippen LogP contribution is -2.20. The standard InChI is InChI=1S/C11H16N4S/c1-8-6-14-10(16-8)7-13-9(2)11-12-4-5-15(11)3/h4-6,9,13H,7H2,1-3H3/t9-/m0/s1. The van der Waals surface area contributed by atoms with Crippen LogP contribution in [-0.4, -0.2) is 14.5 Å². The summed E-state index contributed by atoms with van der Waals surface area (Å²) in [4.78, 5) is 9.89. The van der Waals surface area contributed by atoms with Gasteiger partial charge >= 0.3 is 0 Å². The Morgan fingerprint density at radius 2 is 2.31 bits per heavy atom. The summed E-state index contributed by atoms with van der Waals surface area (Å²) in [6.07, 6.45) is 5.69. The summed E-state index contributed by atoms with van der Waals surface area (Å²) >= 11 is 1.73. The van der Waals surface area contributed by atoms with Gasteiger partial charge in [-0.05, 0) is 13.8 Å². The van der Waals surface area contributed by atoms with E-state index >= 15 is 0 Å². The minimum Gasteiger partial charge on any atom is -0.337 e. The first-order valence-electron chi connectivity index (χ1n) is 5.28. The van der Waals surface area contributed by atoms with Crippen LogP contribution in [0.4, 0.5) is 0 Å². The highest BCUT2D eigenvalue weighted by molar-refractivity contribution is 7.11. The Morgan fingerprint density at radius 1 is 1.50 bits per heavy atom. The Kier molecular flexibility index (Phi) is 3.36. The molecule has 0 unspecified atom stereocenters. The molecule has 0 aliphatic carbocycles. The number of rotatable bonds is 4. The van der Waals surface area contributed by atoms with Crippen LogP contribution in [-0.2, 0) is 13.6 Å². The van der Waals surface area contributed by atoms with Crippen LogP contribution in [0, 0.1) is 6.92 Å². The summed E-state index contributed by atoms with van der Waals surface area (Å²) in [5, 5.41) is 4.54. The molecule has 16 heavy (non-hydrogen) atoms. The molecule has 0 saturated heterocycles. The van der Waals surface area contributed by atoms with Gasteiger partial charge in [0.2, 0.25) is 0 Å². The van der Waals surface area contributed by atoms with E-state index in [0.29, 0.717) is 0 Å². The highest BCUT2D eigenvalue weighted by atomic mass is 32.1. The van der Waals surface area contributed by atoms with Crippen LogP contribution in [0.3, 0.4) is 0 Å². The molecule has 0 radical (unpaired) electrons. The van der Waals surface area contributed by atoms with Crippen molar-refractivity contribution in [2.75, 3.05) is 0 Å². The number of thiazole rings is 1. The lowest BCUT2D eigenvalue weighted by atomic mass is 10.3. The Balaban J connectivity index is 1.93. The Labute approximate surface area is 99.4 Å². The Hall–Kier alpha value is -1.20. The number of imidazole rings is 1. The molecule has 0 amide bonds. The molecule has 0 bridgehead atoms. The SMILES string of the molecule is Cc1cnc(CN[C@@H](C)c2nccn2C)s1. The first-order chi connectivity index (χ1) is 7.66. The number of aromatic nitrogens is 3. The lowest BCUT2D eigenvalue weighted by Gasteiger charge is -2.12. The maximum absolute atomic E-state index is 4.32. The van der Waals surface area contributed by atoms with Crippen molar-refractivity contribution in [1.82, 2.24) is 19.9 Å². The maximum atomic E-state index is 4.32. The summed E-state index contributed by atoms with van der Waals surface area (Å²) < 4.78 is 2.03. The van der Waals surface area contributed by atoms with E-state index in [0.717, 1.165) is 17.4 Å². The summed E-state index contributed by atoms with van der Waals surface area (Å²) in [5.74, 6) is 1.05. The van der Waals surface area contributed by atoms with Gasteiger partial charge in [-0.15, -0.1) is 11.3 Å². The molecule has 0 spiro atoms. The van der Waals surface area contributed by atoms with Crippen LogP contribution in [0.15, 0.2) is 18.6 Å². The van der Waals surface area contributed by atoms with Crippen molar-refractivity contribution in [2.45, 2.75) is 26.4 Å². The molecule has 4 nitrogen and oxygen atoms in total. The summed E-state index contributed by atoms with van der Waals surface area (Å²) in [7, 11) is 2.01. The molecule has 2 aromatic rings. The first kappa shape index (κ1) is 11.3. The van der Waals surface area contributed by atoms with E-state index in [2.05, 4.69) is 29.1 Å². The molecule has 1 N–H and O–H groups in total. The molecule has 2 rings (SSSR count). The molecular formula is C11H16N4S. The average Bonchev–Trinajstić information content (AvgIpc) is 2.84. The van der Waals surface area contributed by atoms with Gasteiger partial charge in [0.1, 0.15) is 10.8 Å². The zero-order chi connectivity index (χ0) is 11.5. The van der Waals surface area contributed by atoms with Gasteiger partial charge in [-0.1, -0.05) is 0 Å². The van der Waals surface area contributed by atoms with Crippen LogP contribution in [0.5, 0.6) is 0 Å². The molecular weight excluding hydrogens is 220 g/mol. The quantitative estimate of drug-likeness (QED) is 0.883. The van der Waals surface area contributed by atoms with Crippen molar-refractivity contribution in [2.24, 2.45) is 7.05 Å². The number of hydrogen-bond donors (Lipinski definition) is 1. The Morgan fingerprint density at radius 3 is 2.88 bits per heavy atom. The molecule has 5 heteroatoms. The predicted octanol–water partition coefficient (Wildman–Crippen LogP) is 2.04. The van der Waals surface area contributed by atoms with Gasteiger partial charge < -0.3 is 9.88 Å². The number of nitrogens with one attached hydrogen (secondary N) is 1. The molecule has 86 valence electrons. The minimum absolute atomic E-state index is 0.240. The highest BCUT2D eigenvalue weighted by Crippen LogP contribution is 2.13. The third-order valence-corrected chi connectivity index (χ3v) is 3.39. The van der Waals surface area contributed by atoms with E-state index in [4.69, 9.17) is 0 Å². The number of aryl methyl sites for hydroxylation is 2. The second kappa shape index (κ2) is 4.76. The zero-order valence-electron chi connectivity index (χ0n) is 9.77. The van der Waals surface area contributed by atoms with Gasteiger partial charge in [0.25, 0.3) is 0 Å². The van der Waals surface area contributed by atoms with E-state index in [1.807, 2.05) is 30.2 Å². The van der Waals surface area contributed by atoms with E-state index < -0.39 is 0 Å². The number of hydrogen-bond acceptors (Lipinski definition) is 4. The summed E-state index contributed by atoms with van der Waals surface area (Å²) in [6.45, 7) is 4.98. The molecule has 0 aromatic carbocycles. The van der Waals surface area contributed by atoms with Crippen LogP contribution in [0.25, 0.3) is 0 Å². The lowest BCUT2D eigenvalue weighted by molar-refractivity contribution is 0.529. The topological polar surface area (TPSA) is 42.7 Å². The van der Waals surface area contributed by atoms with Gasteiger partial charge in [-0.25, -0.2) is 9.97 Å². The van der Waals surface area contributed by atoms with Crippen LogP contribution in [0.2, 0.25) is 0 Å². The largest absolute Gasteiger partial charge is 0.337 e. The monoisotopic (exact) mass is 236 g/mol. The third kappa shape index (κ3) is 2.48. The highest BCUT2D eigenvalue weighted by Gasteiger charge is 2.10. The second-order valence-electron chi connectivity index (χ2n) is 3.86. The van der Waals surface area contributed by atoms with Gasteiger partial charge in [0.05, 0.1) is 6.04 Å². The van der Waals surface area contributed by atoms with Gasteiger partial charge in [-0.3, -0.25) is 0 Å². The molecule has 0 saturated carbocycles.